The number of ether oxygens (including phenoxy) is 2. The van der Waals surface area contributed by atoms with Crippen LogP contribution in [0.25, 0.3) is 12.2 Å². The van der Waals surface area contributed by atoms with E-state index in [1.807, 2.05) is 24.3 Å². The quantitative estimate of drug-likeness (QED) is 0.329. The first-order valence-corrected chi connectivity index (χ1v) is 9.63. The third-order valence-corrected chi connectivity index (χ3v) is 3.97. The fourth-order valence-electron chi connectivity index (χ4n) is 2.41. The molecule has 0 radical (unpaired) electrons. The Morgan fingerprint density at radius 2 is 1.31 bits per heavy atom. The van der Waals surface area contributed by atoms with Crippen molar-refractivity contribution in [2.24, 2.45) is 0 Å². The number of hydrogen-bond acceptors (Lipinski definition) is 2. The van der Waals surface area contributed by atoms with Crippen molar-refractivity contribution in [1.82, 2.24) is 0 Å². The fraction of sp³-hybridized carbons (Fsp3) is 0.333. The minimum atomic E-state index is 0.724. The second-order valence-corrected chi connectivity index (χ2v) is 6.24. The molecule has 0 aliphatic heterocycles. The van der Waals surface area contributed by atoms with Gasteiger partial charge >= 0.3 is 0 Å². The van der Waals surface area contributed by atoms with Gasteiger partial charge in [0.25, 0.3) is 0 Å². The zero-order chi connectivity index (χ0) is 18.5. The highest BCUT2D eigenvalue weighted by Gasteiger charge is 2.06. The highest BCUT2D eigenvalue weighted by Crippen LogP contribution is 2.29. The molecule has 0 saturated heterocycles. The van der Waals surface area contributed by atoms with Crippen LogP contribution in [0.15, 0.2) is 60.7 Å². The second-order valence-electron chi connectivity index (χ2n) is 6.24. The first kappa shape index (κ1) is 19.8. The SMILES string of the molecule is CCCCOc1ccc(C=CC=Cc2ccccc2)cc1OCCCC. The molecule has 0 N–H and O–H groups in total. The van der Waals surface area contributed by atoms with Gasteiger partial charge in [-0.15, -0.1) is 0 Å². The summed E-state index contributed by atoms with van der Waals surface area (Å²) < 4.78 is 11.8. The lowest BCUT2D eigenvalue weighted by molar-refractivity contribution is 0.262. The van der Waals surface area contributed by atoms with Crippen LogP contribution in [0.5, 0.6) is 11.5 Å². The topological polar surface area (TPSA) is 18.5 Å². The fourth-order valence-corrected chi connectivity index (χ4v) is 2.41. The van der Waals surface area contributed by atoms with Crippen molar-refractivity contribution < 1.29 is 9.47 Å². The van der Waals surface area contributed by atoms with E-state index in [1.54, 1.807) is 0 Å². The molecule has 2 aromatic rings. The molecule has 0 spiro atoms. The normalized spacial score (nSPS) is 11.3. The van der Waals surface area contributed by atoms with Crippen LogP contribution in [0.4, 0.5) is 0 Å². The molecule has 0 bridgehead atoms. The average Bonchev–Trinajstić information content (AvgIpc) is 2.68. The lowest BCUT2D eigenvalue weighted by Gasteiger charge is -2.13. The molecular formula is C24H30O2. The van der Waals surface area contributed by atoms with E-state index in [2.05, 4.69) is 62.4 Å². The molecule has 0 fully saturated rings. The summed E-state index contributed by atoms with van der Waals surface area (Å²) in [6.07, 6.45) is 12.6. The highest BCUT2D eigenvalue weighted by molar-refractivity contribution is 5.59. The van der Waals surface area contributed by atoms with Gasteiger partial charge in [-0.1, -0.05) is 87.4 Å². The summed E-state index contributed by atoms with van der Waals surface area (Å²) in [6.45, 7) is 5.79. The highest BCUT2D eigenvalue weighted by atomic mass is 16.5. The van der Waals surface area contributed by atoms with Crippen LogP contribution in [-0.4, -0.2) is 13.2 Å². The minimum absolute atomic E-state index is 0.724. The van der Waals surface area contributed by atoms with Crippen LogP contribution >= 0.6 is 0 Å². The van der Waals surface area contributed by atoms with Crippen LogP contribution in [0, 0.1) is 0 Å². The first-order valence-electron chi connectivity index (χ1n) is 9.63. The van der Waals surface area contributed by atoms with Gasteiger partial charge in [-0.05, 0) is 36.1 Å². The molecule has 2 heteroatoms. The number of rotatable bonds is 11. The molecule has 138 valence electrons. The zero-order valence-corrected chi connectivity index (χ0v) is 16.0. The summed E-state index contributed by atoms with van der Waals surface area (Å²) in [6, 6.07) is 16.4. The predicted molar refractivity (Wildman–Crippen MR) is 112 cm³/mol. The van der Waals surface area contributed by atoms with Crippen molar-refractivity contribution in [2.75, 3.05) is 13.2 Å². The maximum absolute atomic E-state index is 5.95. The molecule has 0 aromatic heterocycles. The van der Waals surface area contributed by atoms with Gasteiger partial charge in [-0.25, -0.2) is 0 Å². The standard InChI is InChI=1S/C24H30O2/c1-3-5-18-25-23-17-16-22(20-24(23)26-19-6-4-2)15-11-10-14-21-12-8-7-9-13-21/h7-17,20H,3-6,18-19H2,1-2H3. The minimum Gasteiger partial charge on any atom is -0.490 e. The van der Waals surface area contributed by atoms with E-state index in [0.717, 1.165) is 56.0 Å². The van der Waals surface area contributed by atoms with Gasteiger partial charge < -0.3 is 9.47 Å². The Bertz CT molecular complexity index is 687. The Balaban J connectivity index is 2.03. The van der Waals surface area contributed by atoms with Crippen molar-refractivity contribution in [1.29, 1.82) is 0 Å². The maximum atomic E-state index is 5.95. The molecule has 0 amide bonds. The molecule has 0 atom stereocenters. The zero-order valence-electron chi connectivity index (χ0n) is 16.0. The van der Waals surface area contributed by atoms with E-state index in [4.69, 9.17) is 9.47 Å². The molecule has 2 aromatic carbocycles. The van der Waals surface area contributed by atoms with E-state index >= 15 is 0 Å². The van der Waals surface area contributed by atoms with E-state index in [9.17, 15) is 0 Å². The number of benzene rings is 2. The van der Waals surface area contributed by atoms with Gasteiger partial charge in [0.2, 0.25) is 0 Å². The van der Waals surface area contributed by atoms with Crippen molar-refractivity contribution in [3.8, 4) is 11.5 Å². The van der Waals surface area contributed by atoms with E-state index in [1.165, 1.54) is 5.56 Å². The molecule has 0 aliphatic carbocycles. The molecule has 2 rings (SSSR count). The Labute approximate surface area is 158 Å². The lowest BCUT2D eigenvalue weighted by Crippen LogP contribution is -2.02. The molecule has 0 heterocycles. The second kappa shape index (κ2) is 12.0. The first-order chi connectivity index (χ1) is 12.8. The third kappa shape index (κ3) is 7.18. The molecule has 0 aliphatic rings. The van der Waals surface area contributed by atoms with Crippen molar-refractivity contribution in [2.45, 2.75) is 39.5 Å². The molecule has 0 saturated carbocycles. The van der Waals surface area contributed by atoms with Crippen LogP contribution in [-0.2, 0) is 0 Å². The Morgan fingerprint density at radius 3 is 1.96 bits per heavy atom. The van der Waals surface area contributed by atoms with Crippen LogP contribution < -0.4 is 9.47 Å². The summed E-state index contributed by atoms with van der Waals surface area (Å²) >= 11 is 0. The smallest absolute Gasteiger partial charge is 0.161 e. The van der Waals surface area contributed by atoms with Gasteiger partial charge in [-0.2, -0.15) is 0 Å². The summed E-state index contributed by atoms with van der Waals surface area (Å²) in [5.41, 5.74) is 2.30. The van der Waals surface area contributed by atoms with Crippen molar-refractivity contribution in [3.05, 3.63) is 71.8 Å². The monoisotopic (exact) mass is 350 g/mol. The summed E-state index contributed by atoms with van der Waals surface area (Å²) in [4.78, 5) is 0. The molecular weight excluding hydrogens is 320 g/mol. The Morgan fingerprint density at radius 1 is 0.692 bits per heavy atom. The van der Waals surface area contributed by atoms with E-state index < -0.39 is 0 Å². The van der Waals surface area contributed by atoms with Crippen LogP contribution in [0.2, 0.25) is 0 Å². The van der Waals surface area contributed by atoms with Gasteiger partial charge in [0, 0.05) is 0 Å². The Kier molecular flexibility index (Phi) is 9.13. The van der Waals surface area contributed by atoms with Gasteiger partial charge in [0.1, 0.15) is 0 Å². The number of allylic oxidation sites excluding steroid dienone is 2. The molecule has 0 unspecified atom stereocenters. The summed E-state index contributed by atoms with van der Waals surface area (Å²) in [5, 5.41) is 0. The van der Waals surface area contributed by atoms with E-state index in [0.29, 0.717) is 0 Å². The Hall–Kier alpha value is -2.48. The predicted octanol–water partition coefficient (Wildman–Crippen LogP) is 6.77. The van der Waals surface area contributed by atoms with Crippen LogP contribution in [0.3, 0.4) is 0 Å². The molecule has 2 nitrogen and oxygen atoms in total. The maximum Gasteiger partial charge on any atom is 0.161 e. The summed E-state index contributed by atoms with van der Waals surface area (Å²) in [7, 11) is 0. The largest absolute Gasteiger partial charge is 0.490 e. The number of unbranched alkanes of at least 4 members (excludes halogenated alkanes) is 2. The number of hydrogen-bond donors (Lipinski definition) is 0. The third-order valence-electron chi connectivity index (χ3n) is 3.97. The average molecular weight is 351 g/mol. The van der Waals surface area contributed by atoms with Crippen molar-refractivity contribution in [3.63, 3.8) is 0 Å². The van der Waals surface area contributed by atoms with Crippen molar-refractivity contribution >= 4 is 12.2 Å². The van der Waals surface area contributed by atoms with Gasteiger partial charge in [-0.3, -0.25) is 0 Å². The van der Waals surface area contributed by atoms with Crippen LogP contribution in [0.1, 0.15) is 50.7 Å². The lowest BCUT2D eigenvalue weighted by atomic mass is 10.1. The molecule has 26 heavy (non-hydrogen) atoms. The van der Waals surface area contributed by atoms with Gasteiger partial charge in [0.15, 0.2) is 11.5 Å². The van der Waals surface area contributed by atoms with Gasteiger partial charge in [0.05, 0.1) is 13.2 Å². The van der Waals surface area contributed by atoms with E-state index in [-0.39, 0.29) is 0 Å². The summed E-state index contributed by atoms with van der Waals surface area (Å²) in [5.74, 6) is 1.68.